The van der Waals surface area contributed by atoms with E-state index < -0.39 is 8.07 Å². The van der Waals surface area contributed by atoms with Crippen LogP contribution in [0.15, 0.2) is 71.1 Å². The molecule has 0 unspecified atom stereocenters. The summed E-state index contributed by atoms with van der Waals surface area (Å²) in [5.74, 6) is 0.965. The number of hydrogen-bond donors (Lipinski definition) is 0. The van der Waals surface area contributed by atoms with Gasteiger partial charge in [-0.15, -0.1) is 0 Å². The van der Waals surface area contributed by atoms with E-state index in [0.29, 0.717) is 0 Å². The quantitative estimate of drug-likeness (QED) is 0.608. The summed E-state index contributed by atoms with van der Waals surface area (Å²) in [5.41, 5.74) is 3.62. The molecule has 1 aromatic heterocycles. The minimum Gasteiger partial charge on any atom is -0.466 e. The van der Waals surface area contributed by atoms with Crippen molar-refractivity contribution in [1.29, 1.82) is 0 Å². The Morgan fingerprint density at radius 2 is 1.24 bits per heavy atom. The highest BCUT2D eigenvalue weighted by atomic mass is 28.3. The van der Waals surface area contributed by atoms with E-state index in [4.69, 9.17) is 4.42 Å². The SMILES string of the molecule is C[Si](C)(C)c1oc(-c2ccccc2)cc1-c1ccccc1. The van der Waals surface area contributed by atoms with Gasteiger partial charge >= 0.3 is 0 Å². The molecule has 0 radical (unpaired) electrons. The molecule has 0 N–H and O–H groups in total. The van der Waals surface area contributed by atoms with Crippen LogP contribution < -0.4 is 5.38 Å². The van der Waals surface area contributed by atoms with Crippen molar-refractivity contribution in [3.05, 3.63) is 66.7 Å². The summed E-state index contributed by atoms with van der Waals surface area (Å²) >= 11 is 0. The molecule has 1 heterocycles. The first-order valence-corrected chi connectivity index (χ1v) is 10.8. The van der Waals surface area contributed by atoms with Gasteiger partial charge in [0.15, 0.2) is 0 Å². The Morgan fingerprint density at radius 1 is 0.714 bits per heavy atom. The Labute approximate surface area is 127 Å². The molecule has 21 heavy (non-hydrogen) atoms. The van der Waals surface area contributed by atoms with Crippen LogP contribution in [-0.2, 0) is 0 Å². The fourth-order valence-corrected chi connectivity index (χ4v) is 3.97. The molecule has 3 rings (SSSR count). The maximum Gasteiger partial charge on any atom is 0.134 e. The minimum absolute atomic E-state index is 0.965. The van der Waals surface area contributed by atoms with Crippen LogP contribution in [0.1, 0.15) is 0 Å². The lowest BCUT2D eigenvalue weighted by Gasteiger charge is -2.15. The van der Waals surface area contributed by atoms with Crippen molar-refractivity contribution in [2.24, 2.45) is 0 Å². The Hall–Kier alpha value is -2.06. The molecular weight excluding hydrogens is 272 g/mol. The lowest BCUT2D eigenvalue weighted by molar-refractivity contribution is 0.613. The summed E-state index contributed by atoms with van der Waals surface area (Å²) in [5, 5.41) is 1.17. The zero-order chi connectivity index (χ0) is 14.9. The van der Waals surface area contributed by atoms with Gasteiger partial charge < -0.3 is 4.42 Å². The summed E-state index contributed by atoms with van der Waals surface area (Å²) in [6.07, 6.45) is 0. The molecule has 0 aliphatic rings. The maximum absolute atomic E-state index is 6.28. The van der Waals surface area contributed by atoms with Gasteiger partial charge in [0, 0.05) is 11.1 Å². The first kappa shape index (κ1) is 13.9. The lowest BCUT2D eigenvalue weighted by Crippen LogP contribution is -2.37. The Balaban J connectivity index is 2.17. The molecule has 0 spiro atoms. The average Bonchev–Trinajstić information content (AvgIpc) is 2.94. The average molecular weight is 292 g/mol. The van der Waals surface area contributed by atoms with Gasteiger partial charge in [0.2, 0.25) is 0 Å². The number of rotatable bonds is 3. The molecule has 0 atom stereocenters. The van der Waals surface area contributed by atoms with Crippen LogP contribution in [0.25, 0.3) is 22.5 Å². The second-order valence-corrected chi connectivity index (χ2v) is 11.3. The van der Waals surface area contributed by atoms with Crippen LogP contribution in [0.4, 0.5) is 0 Å². The normalized spacial score (nSPS) is 11.6. The molecule has 0 bridgehead atoms. The molecule has 0 aliphatic heterocycles. The Morgan fingerprint density at radius 3 is 1.76 bits per heavy atom. The monoisotopic (exact) mass is 292 g/mol. The smallest absolute Gasteiger partial charge is 0.134 e. The van der Waals surface area contributed by atoms with Crippen LogP contribution in [0.2, 0.25) is 19.6 Å². The summed E-state index contributed by atoms with van der Waals surface area (Å²) < 4.78 is 6.28. The maximum atomic E-state index is 6.28. The van der Waals surface area contributed by atoms with E-state index in [-0.39, 0.29) is 0 Å². The van der Waals surface area contributed by atoms with Crippen LogP contribution >= 0.6 is 0 Å². The van der Waals surface area contributed by atoms with Crippen molar-refractivity contribution in [3.8, 4) is 22.5 Å². The van der Waals surface area contributed by atoms with E-state index in [2.05, 4.69) is 68.2 Å². The highest BCUT2D eigenvalue weighted by Gasteiger charge is 2.26. The molecule has 2 heteroatoms. The van der Waals surface area contributed by atoms with Crippen molar-refractivity contribution >= 4 is 13.5 Å². The van der Waals surface area contributed by atoms with Crippen LogP contribution in [0.3, 0.4) is 0 Å². The summed E-state index contributed by atoms with van der Waals surface area (Å²) in [6.45, 7) is 6.98. The van der Waals surface area contributed by atoms with E-state index in [1.165, 1.54) is 16.5 Å². The molecule has 0 amide bonds. The topological polar surface area (TPSA) is 13.1 Å². The molecule has 3 aromatic rings. The zero-order valence-corrected chi connectivity index (χ0v) is 13.8. The van der Waals surface area contributed by atoms with Gasteiger partial charge in [-0.05, 0) is 11.6 Å². The van der Waals surface area contributed by atoms with Gasteiger partial charge in [0.25, 0.3) is 0 Å². The third kappa shape index (κ3) is 2.86. The summed E-state index contributed by atoms with van der Waals surface area (Å²) in [4.78, 5) is 0. The van der Waals surface area contributed by atoms with Gasteiger partial charge in [-0.1, -0.05) is 80.3 Å². The van der Waals surface area contributed by atoms with Gasteiger partial charge in [-0.25, -0.2) is 0 Å². The predicted octanol–water partition coefficient (Wildman–Crippen LogP) is 5.16. The Bertz CT molecular complexity index is 721. The summed E-state index contributed by atoms with van der Waals surface area (Å²) in [6, 6.07) is 23.0. The second kappa shape index (κ2) is 5.38. The highest BCUT2D eigenvalue weighted by Crippen LogP contribution is 2.29. The molecule has 106 valence electrons. The van der Waals surface area contributed by atoms with Gasteiger partial charge in [0.1, 0.15) is 13.8 Å². The highest BCUT2D eigenvalue weighted by molar-refractivity contribution is 6.88. The number of furan rings is 1. The molecular formula is C19H20OSi. The predicted molar refractivity (Wildman–Crippen MR) is 92.6 cm³/mol. The van der Waals surface area contributed by atoms with E-state index in [9.17, 15) is 0 Å². The van der Waals surface area contributed by atoms with Gasteiger partial charge in [0.05, 0.1) is 5.38 Å². The van der Waals surface area contributed by atoms with E-state index in [1.54, 1.807) is 0 Å². The van der Waals surface area contributed by atoms with Gasteiger partial charge in [-0.2, -0.15) is 0 Å². The zero-order valence-electron chi connectivity index (χ0n) is 12.8. The first-order chi connectivity index (χ1) is 10.1. The van der Waals surface area contributed by atoms with Crippen LogP contribution in [0, 0.1) is 0 Å². The van der Waals surface area contributed by atoms with E-state index in [0.717, 1.165) is 11.3 Å². The minimum atomic E-state index is -1.54. The lowest BCUT2D eigenvalue weighted by atomic mass is 10.1. The largest absolute Gasteiger partial charge is 0.466 e. The molecule has 0 aliphatic carbocycles. The molecule has 0 saturated heterocycles. The van der Waals surface area contributed by atoms with Crippen molar-refractivity contribution < 1.29 is 4.42 Å². The summed E-state index contributed by atoms with van der Waals surface area (Å²) in [7, 11) is -1.54. The van der Waals surface area contributed by atoms with Crippen molar-refractivity contribution in [1.82, 2.24) is 0 Å². The van der Waals surface area contributed by atoms with Crippen molar-refractivity contribution in [3.63, 3.8) is 0 Å². The van der Waals surface area contributed by atoms with Crippen LogP contribution in [-0.4, -0.2) is 8.07 Å². The second-order valence-electron chi connectivity index (χ2n) is 6.34. The first-order valence-electron chi connectivity index (χ1n) is 7.31. The molecule has 1 nitrogen and oxygen atoms in total. The van der Waals surface area contributed by atoms with Gasteiger partial charge in [-0.3, -0.25) is 0 Å². The fraction of sp³-hybridized carbons (Fsp3) is 0.158. The molecule has 0 fully saturated rings. The number of hydrogen-bond acceptors (Lipinski definition) is 1. The standard InChI is InChI=1S/C19H20OSi/c1-21(2,3)19-17(15-10-6-4-7-11-15)14-18(20-19)16-12-8-5-9-13-16/h4-14H,1-3H3. The molecule has 2 aromatic carbocycles. The van der Waals surface area contributed by atoms with E-state index >= 15 is 0 Å². The van der Waals surface area contributed by atoms with E-state index in [1.807, 2.05) is 18.2 Å². The third-order valence-electron chi connectivity index (χ3n) is 3.56. The van der Waals surface area contributed by atoms with Crippen LogP contribution in [0.5, 0.6) is 0 Å². The van der Waals surface area contributed by atoms with Crippen molar-refractivity contribution in [2.75, 3.05) is 0 Å². The molecule has 0 saturated carbocycles. The third-order valence-corrected chi connectivity index (χ3v) is 5.29. The number of benzene rings is 2. The Kier molecular flexibility index (Phi) is 3.56. The van der Waals surface area contributed by atoms with Crippen molar-refractivity contribution in [2.45, 2.75) is 19.6 Å². The fourth-order valence-electron chi connectivity index (χ4n) is 2.52.